The van der Waals surface area contributed by atoms with Crippen LogP contribution in [0, 0.1) is 27.7 Å². The van der Waals surface area contributed by atoms with E-state index in [1.165, 1.54) is 0 Å². The smallest absolute Gasteiger partial charge is 0.323 e. The molecule has 0 unspecified atom stereocenters. The molecule has 0 saturated heterocycles. The summed E-state index contributed by atoms with van der Waals surface area (Å²) in [5.41, 5.74) is 9.73. The summed E-state index contributed by atoms with van der Waals surface area (Å²) >= 11 is 13.5. The number of anilines is 1. The number of nitrogens with zero attached hydrogens (tertiary/aromatic N) is 5. The van der Waals surface area contributed by atoms with E-state index in [0.29, 0.717) is 49.7 Å². The molecule has 3 aromatic heterocycles. The predicted molar refractivity (Wildman–Crippen MR) is 199 cm³/mol. The van der Waals surface area contributed by atoms with Crippen molar-refractivity contribution in [3.8, 4) is 16.9 Å². The van der Waals surface area contributed by atoms with Crippen LogP contribution in [-0.4, -0.2) is 49.0 Å². The highest BCUT2D eigenvalue weighted by Crippen LogP contribution is 2.43. The van der Waals surface area contributed by atoms with Crippen molar-refractivity contribution in [2.45, 2.75) is 60.0 Å². The zero-order valence-corrected chi connectivity index (χ0v) is 30.3. The number of carbonyl (C=O) groups is 2. The Balaban J connectivity index is 1.35. The van der Waals surface area contributed by atoms with Gasteiger partial charge in [0.1, 0.15) is 18.0 Å². The van der Waals surface area contributed by atoms with E-state index in [1.54, 1.807) is 10.8 Å². The van der Waals surface area contributed by atoms with E-state index in [-0.39, 0.29) is 12.5 Å². The summed E-state index contributed by atoms with van der Waals surface area (Å²) < 4.78 is 11.9. The lowest BCUT2D eigenvalue weighted by Gasteiger charge is -2.22. The minimum atomic E-state index is -0.924. The Kier molecular flexibility index (Phi) is 8.90. The third kappa shape index (κ3) is 5.72. The third-order valence-corrected chi connectivity index (χ3v) is 10.8. The van der Waals surface area contributed by atoms with Gasteiger partial charge in [-0.15, -0.1) is 0 Å². The number of aromatic nitrogens is 4. The first kappa shape index (κ1) is 33.8. The molecule has 0 bridgehead atoms. The summed E-state index contributed by atoms with van der Waals surface area (Å²) in [6.07, 6.45) is 3.76. The molecule has 1 aliphatic rings. The number of hydrogen-bond acceptors (Lipinski definition) is 4. The second-order valence-electron chi connectivity index (χ2n) is 13.1. The predicted octanol–water partition coefficient (Wildman–Crippen LogP) is 8.68. The van der Waals surface area contributed by atoms with Crippen LogP contribution >= 0.6 is 23.2 Å². The Bertz CT molecular complexity index is 2310. The number of halogens is 2. The average Bonchev–Trinajstić information content (AvgIpc) is 3.66. The maximum absolute atomic E-state index is 15.0. The van der Waals surface area contributed by atoms with Crippen molar-refractivity contribution in [2.75, 3.05) is 18.1 Å². The molecule has 0 aliphatic carbocycles. The van der Waals surface area contributed by atoms with E-state index in [1.807, 2.05) is 92.9 Å². The highest BCUT2D eigenvalue weighted by molar-refractivity contribution is 6.35. The van der Waals surface area contributed by atoms with Crippen LogP contribution in [0.15, 0.2) is 54.7 Å². The molecule has 6 aromatic rings. The fourth-order valence-electron chi connectivity index (χ4n) is 7.59. The topological polar surface area (TPSA) is 94.5 Å². The van der Waals surface area contributed by atoms with Gasteiger partial charge in [-0.3, -0.25) is 14.3 Å². The van der Waals surface area contributed by atoms with E-state index in [4.69, 9.17) is 33.0 Å². The number of carboxylic acid groups (broad SMARTS) is 1. The molecule has 1 amide bonds. The molecular formula is C39H39Cl2N5O4. The summed E-state index contributed by atoms with van der Waals surface area (Å²) in [7, 11) is 1.93. The fraction of sp³-hybridized carbons (Fsp3) is 0.308. The van der Waals surface area contributed by atoms with Crippen LogP contribution in [-0.2, 0) is 31.4 Å². The number of ether oxygens (including phenoxy) is 1. The quantitative estimate of drug-likeness (QED) is 0.152. The van der Waals surface area contributed by atoms with Gasteiger partial charge in [-0.2, -0.15) is 5.10 Å². The molecule has 0 radical (unpaired) electrons. The lowest BCUT2D eigenvalue weighted by atomic mass is 9.98. The molecule has 11 heteroatoms. The van der Waals surface area contributed by atoms with Gasteiger partial charge in [0.05, 0.1) is 34.0 Å². The van der Waals surface area contributed by atoms with Crippen LogP contribution < -0.4 is 9.64 Å². The van der Waals surface area contributed by atoms with E-state index in [0.717, 1.165) is 77.5 Å². The van der Waals surface area contributed by atoms with Gasteiger partial charge >= 0.3 is 5.97 Å². The third-order valence-electron chi connectivity index (χ3n) is 9.88. The zero-order valence-electron chi connectivity index (χ0n) is 28.8. The Hall–Kier alpha value is -4.73. The van der Waals surface area contributed by atoms with Gasteiger partial charge in [-0.1, -0.05) is 35.3 Å². The van der Waals surface area contributed by atoms with Gasteiger partial charge in [0, 0.05) is 58.9 Å². The highest BCUT2D eigenvalue weighted by atomic mass is 35.5. The molecule has 0 fully saturated rings. The number of carbonyl (C=O) groups excluding carboxylic acids is 1. The van der Waals surface area contributed by atoms with Crippen molar-refractivity contribution >= 4 is 62.6 Å². The maximum Gasteiger partial charge on any atom is 0.323 e. The molecule has 0 saturated carbocycles. The summed E-state index contributed by atoms with van der Waals surface area (Å²) in [6, 6.07) is 15.5. The molecule has 1 aliphatic heterocycles. The number of rotatable bonds is 9. The number of benzene rings is 3. The number of amides is 1. The Morgan fingerprint density at radius 2 is 1.74 bits per heavy atom. The van der Waals surface area contributed by atoms with E-state index < -0.39 is 5.97 Å². The summed E-state index contributed by atoms with van der Waals surface area (Å²) in [5.74, 6) is -0.253. The van der Waals surface area contributed by atoms with Gasteiger partial charge in [-0.05, 0) is 100 Å². The van der Waals surface area contributed by atoms with Crippen LogP contribution in [0.3, 0.4) is 0 Å². The van der Waals surface area contributed by atoms with Gasteiger partial charge in [0.2, 0.25) is 0 Å². The number of carboxylic acids is 1. The molecular weight excluding hydrogens is 673 g/mol. The maximum atomic E-state index is 15.0. The lowest BCUT2D eigenvalue weighted by Crippen LogP contribution is -2.31. The van der Waals surface area contributed by atoms with Crippen molar-refractivity contribution in [3.05, 3.63) is 98.5 Å². The van der Waals surface area contributed by atoms with Crippen LogP contribution in [0.25, 0.3) is 32.9 Å². The first-order valence-electron chi connectivity index (χ1n) is 16.8. The van der Waals surface area contributed by atoms with Crippen molar-refractivity contribution in [2.24, 2.45) is 7.05 Å². The standard InChI is InChI=1S/C39H39Cl2N5O4/c1-22-19-26(20-23(2)36(22)41)50-18-7-9-27-28-12-13-30(40)35(34-24(3)42-43(5)25(34)4)37(28)46-16-8-15-45(39(49)38(27)46)32-11-6-10-31-29(32)14-17-44(31)21-33(47)48/h6,10-14,17,19-20H,7-9,15-16,18,21H2,1-5H3,(H,47,48). The average molecular weight is 713 g/mol. The molecule has 3 aromatic carbocycles. The second-order valence-corrected chi connectivity index (χ2v) is 13.9. The van der Waals surface area contributed by atoms with Crippen molar-refractivity contribution < 1.29 is 19.4 Å². The number of fused-ring (bicyclic) bond motifs is 4. The summed E-state index contributed by atoms with van der Waals surface area (Å²) in [5, 5.41) is 17.4. The van der Waals surface area contributed by atoms with Gasteiger partial charge in [-0.25, -0.2) is 0 Å². The zero-order chi connectivity index (χ0) is 35.4. The fourth-order valence-corrected chi connectivity index (χ4v) is 7.94. The minimum absolute atomic E-state index is 0.0984. The van der Waals surface area contributed by atoms with E-state index in [9.17, 15) is 14.7 Å². The normalized spacial score (nSPS) is 13.3. The molecule has 7 rings (SSSR count). The number of aliphatic carboxylic acids is 1. The molecule has 1 N–H and O–H groups in total. The first-order chi connectivity index (χ1) is 24.0. The monoisotopic (exact) mass is 711 g/mol. The Morgan fingerprint density at radius 3 is 2.44 bits per heavy atom. The Labute approximate surface area is 300 Å². The molecule has 258 valence electrons. The molecule has 50 heavy (non-hydrogen) atoms. The second kappa shape index (κ2) is 13.2. The highest BCUT2D eigenvalue weighted by Gasteiger charge is 2.33. The molecule has 9 nitrogen and oxygen atoms in total. The van der Waals surface area contributed by atoms with Gasteiger partial charge in [0.25, 0.3) is 5.91 Å². The minimum Gasteiger partial charge on any atom is -0.494 e. The molecule has 4 heterocycles. The van der Waals surface area contributed by atoms with Crippen molar-refractivity contribution in [3.63, 3.8) is 0 Å². The first-order valence-corrected chi connectivity index (χ1v) is 17.6. The largest absolute Gasteiger partial charge is 0.494 e. The SMILES string of the molecule is Cc1cc(OCCCc2c3n(c4c(-c5c(C)nn(C)c5C)c(Cl)ccc24)CCCN(c2cccc4c2ccn4CC(=O)O)C3=O)cc(C)c1Cl. The van der Waals surface area contributed by atoms with Gasteiger partial charge < -0.3 is 23.9 Å². The van der Waals surface area contributed by atoms with Crippen LogP contribution in [0.2, 0.25) is 10.0 Å². The molecule has 0 atom stereocenters. The van der Waals surface area contributed by atoms with Crippen LogP contribution in [0.5, 0.6) is 5.75 Å². The number of hydrogen-bond donors (Lipinski definition) is 1. The molecule has 0 spiro atoms. The van der Waals surface area contributed by atoms with Crippen LogP contribution in [0.4, 0.5) is 5.69 Å². The van der Waals surface area contributed by atoms with Crippen molar-refractivity contribution in [1.29, 1.82) is 0 Å². The van der Waals surface area contributed by atoms with Gasteiger partial charge in [0.15, 0.2) is 0 Å². The summed E-state index contributed by atoms with van der Waals surface area (Å²) in [6.45, 7) is 9.40. The van der Waals surface area contributed by atoms with E-state index in [2.05, 4.69) is 4.57 Å². The van der Waals surface area contributed by atoms with Crippen molar-refractivity contribution in [1.82, 2.24) is 18.9 Å². The number of aryl methyl sites for hydroxylation is 6. The lowest BCUT2D eigenvalue weighted by molar-refractivity contribution is -0.137. The Morgan fingerprint density at radius 1 is 0.980 bits per heavy atom. The summed E-state index contributed by atoms with van der Waals surface area (Å²) in [4.78, 5) is 28.4. The van der Waals surface area contributed by atoms with E-state index >= 15 is 0 Å². The van der Waals surface area contributed by atoms with Crippen LogP contribution in [0.1, 0.15) is 51.4 Å².